The van der Waals surface area contributed by atoms with Crippen molar-refractivity contribution in [3.63, 3.8) is 0 Å². The number of nitrogens with one attached hydrogen (secondary N) is 2. The van der Waals surface area contributed by atoms with E-state index in [4.69, 9.17) is 0 Å². The van der Waals surface area contributed by atoms with E-state index in [0.29, 0.717) is 11.4 Å². The lowest BCUT2D eigenvalue weighted by Crippen LogP contribution is -2.31. The van der Waals surface area contributed by atoms with Crippen LogP contribution < -0.4 is 10.6 Å². The molecular weight excluding hydrogens is 376 g/mol. The summed E-state index contributed by atoms with van der Waals surface area (Å²) in [6.07, 6.45) is 0.873. The van der Waals surface area contributed by atoms with Crippen molar-refractivity contribution >= 4 is 17.6 Å². The molecule has 0 aliphatic heterocycles. The number of carbonyl (C=O) groups excluding carboxylic acids is 2. The molecule has 3 aromatic rings. The lowest BCUT2D eigenvalue weighted by atomic mass is 10.0. The van der Waals surface area contributed by atoms with Gasteiger partial charge in [0.15, 0.2) is 0 Å². The van der Waals surface area contributed by atoms with Gasteiger partial charge in [-0.2, -0.15) is 5.10 Å². The molecule has 0 saturated heterocycles. The van der Waals surface area contributed by atoms with Gasteiger partial charge in [0.1, 0.15) is 5.82 Å². The molecule has 1 atom stereocenters. The first kappa shape index (κ1) is 21.3. The van der Waals surface area contributed by atoms with Crippen LogP contribution in [0.4, 0.5) is 5.82 Å². The van der Waals surface area contributed by atoms with E-state index in [1.54, 1.807) is 16.8 Å². The van der Waals surface area contributed by atoms with Gasteiger partial charge in [0.25, 0.3) is 5.91 Å². The standard InChI is InChI=1S/C24H28N4O2/c1-6-16(3)25-24(30)20-11-13-21(14-12-20)28-23(26-18(5)29)22(17(4)27-28)19-9-7-15(2)8-10-19/h7-14,16H,6H2,1-5H3,(H,25,30)(H,26,29). The third-order valence-corrected chi connectivity index (χ3v) is 5.06. The monoisotopic (exact) mass is 404 g/mol. The van der Waals surface area contributed by atoms with Gasteiger partial charge in [0.05, 0.1) is 11.4 Å². The number of anilines is 1. The summed E-state index contributed by atoms with van der Waals surface area (Å²) in [4.78, 5) is 24.3. The van der Waals surface area contributed by atoms with E-state index in [-0.39, 0.29) is 17.9 Å². The van der Waals surface area contributed by atoms with Crippen molar-refractivity contribution < 1.29 is 9.59 Å². The second kappa shape index (κ2) is 8.95. The van der Waals surface area contributed by atoms with Crippen molar-refractivity contribution in [1.82, 2.24) is 15.1 Å². The zero-order valence-corrected chi connectivity index (χ0v) is 18.1. The number of rotatable bonds is 6. The maximum absolute atomic E-state index is 12.4. The van der Waals surface area contributed by atoms with Crippen LogP contribution in [0, 0.1) is 13.8 Å². The highest BCUT2D eigenvalue weighted by Gasteiger charge is 2.19. The zero-order chi connectivity index (χ0) is 21.8. The van der Waals surface area contributed by atoms with Crippen LogP contribution in [-0.2, 0) is 4.79 Å². The zero-order valence-electron chi connectivity index (χ0n) is 18.1. The molecule has 0 aliphatic rings. The van der Waals surface area contributed by atoms with Gasteiger partial charge >= 0.3 is 0 Å². The maximum atomic E-state index is 12.4. The molecule has 6 heteroatoms. The Kier molecular flexibility index (Phi) is 6.35. The van der Waals surface area contributed by atoms with E-state index in [1.165, 1.54) is 6.92 Å². The molecule has 1 heterocycles. The Bertz CT molecular complexity index is 1050. The van der Waals surface area contributed by atoms with E-state index in [0.717, 1.165) is 34.5 Å². The van der Waals surface area contributed by atoms with Crippen LogP contribution in [0.2, 0.25) is 0 Å². The lowest BCUT2D eigenvalue weighted by Gasteiger charge is -2.13. The minimum absolute atomic E-state index is 0.102. The van der Waals surface area contributed by atoms with Crippen LogP contribution in [0.1, 0.15) is 48.8 Å². The third-order valence-electron chi connectivity index (χ3n) is 5.06. The summed E-state index contributed by atoms with van der Waals surface area (Å²) in [5, 5.41) is 10.6. The largest absolute Gasteiger partial charge is 0.350 e. The van der Waals surface area contributed by atoms with Crippen LogP contribution >= 0.6 is 0 Å². The van der Waals surface area contributed by atoms with Gasteiger partial charge in [0.2, 0.25) is 5.91 Å². The number of carbonyl (C=O) groups is 2. The van der Waals surface area contributed by atoms with E-state index in [1.807, 2.05) is 64.1 Å². The second-order valence-electron chi connectivity index (χ2n) is 7.60. The van der Waals surface area contributed by atoms with E-state index < -0.39 is 0 Å². The number of benzene rings is 2. The summed E-state index contributed by atoms with van der Waals surface area (Å²) in [6, 6.07) is 15.5. The Morgan fingerprint density at radius 3 is 2.23 bits per heavy atom. The molecule has 1 unspecified atom stereocenters. The average Bonchev–Trinajstić information content (AvgIpc) is 3.03. The van der Waals surface area contributed by atoms with Crippen LogP contribution in [0.25, 0.3) is 16.8 Å². The Balaban J connectivity index is 2.01. The minimum Gasteiger partial charge on any atom is -0.350 e. The number of aryl methyl sites for hydroxylation is 2. The van der Waals surface area contributed by atoms with E-state index in [2.05, 4.69) is 15.7 Å². The molecule has 2 amide bonds. The first-order chi connectivity index (χ1) is 14.3. The molecule has 2 N–H and O–H groups in total. The van der Waals surface area contributed by atoms with E-state index in [9.17, 15) is 9.59 Å². The highest BCUT2D eigenvalue weighted by molar-refractivity contribution is 5.95. The summed E-state index contributed by atoms with van der Waals surface area (Å²) in [6.45, 7) is 9.45. The van der Waals surface area contributed by atoms with Crippen molar-refractivity contribution in [2.24, 2.45) is 0 Å². The van der Waals surface area contributed by atoms with Gasteiger partial charge in [-0.25, -0.2) is 4.68 Å². The van der Waals surface area contributed by atoms with Crippen molar-refractivity contribution in [1.29, 1.82) is 0 Å². The topological polar surface area (TPSA) is 76.0 Å². The van der Waals surface area contributed by atoms with Crippen molar-refractivity contribution in [2.45, 2.75) is 47.1 Å². The average molecular weight is 405 g/mol. The first-order valence-electron chi connectivity index (χ1n) is 10.2. The smallest absolute Gasteiger partial charge is 0.251 e. The molecule has 0 spiro atoms. The quantitative estimate of drug-likeness (QED) is 0.628. The molecule has 3 rings (SSSR count). The Hall–Kier alpha value is -3.41. The van der Waals surface area contributed by atoms with Gasteiger partial charge in [-0.15, -0.1) is 0 Å². The molecule has 30 heavy (non-hydrogen) atoms. The Labute approximate surface area is 177 Å². The molecule has 156 valence electrons. The normalized spacial score (nSPS) is 11.8. The predicted octanol–water partition coefficient (Wildman–Crippen LogP) is 4.64. The van der Waals surface area contributed by atoms with Crippen molar-refractivity contribution in [2.75, 3.05) is 5.32 Å². The van der Waals surface area contributed by atoms with Gasteiger partial charge in [0, 0.05) is 24.1 Å². The van der Waals surface area contributed by atoms with Crippen LogP contribution in [-0.4, -0.2) is 27.6 Å². The first-order valence-corrected chi connectivity index (χ1v) is 10.2. The van der Waals surface area contributed by atoms with Gasteiger partial charge < -0.3 is 10.6 Å². The fourth-order valence-electron chi connectivity index (χ4n) is 3.23. The fourth-order valence-corrected chi connectivity index (χ4v) is 3.23. The predicted molar refractivity (Wildman–Crippen MR) is 120 cm³/mol. The summed E-state index contributed by atoms with van der Waals surface area (Å²) >= 11 is 0. The summed E-state index contributed by atoms with van der Waals surface area (Å²) in [7, 11) is 0. The molecule has 0 bridgehead atoms. The molecule has 1 aromatic heterocycles. The number of nitrogens with zero attached hydrogens (tertiary/aromatic N) is 2. The summed E-state index contributed by atoms with van der Waals surface area (Å²) in [5.41, 5.74) is 5.18. The highest BCUT2D eigenvalue weighted by atomic mass is 16.2. The molecule has 0 radical (unpaired) electrons. The minimum atomic E-state index is -0.172. The second-order valence-corrected chi connectivity index (χ2v) is 7.60. The lowest BCUT2D eigenvalue weighted by molar-refractivity contribution is -0.114. The number of hydrogen-bond donors (Lipinski definition) is 2. The summed E-state index contributed by atoms with van der Waals surface area (Å²) in [5.74, 6) is 0.338. The third kappa shape index (κ3) is 4.59. The number of aromatic nitrogens is 2. The SMILES string of the molecule is CCC(C)NC(=O)c1ccc(-n2nc(C)c(-c3ccc(C)cc3)c2NC(C)=O)cc1. The molecule has 6 nitrogen and oxygen atoms in total. The van der Waals surface area contributed by atoms with Gasteiger partial charge in [-0.1, -0.05) is 36.8 Å². The van der Waals surface area contributed by atoms with E-state index >= 15 is 0 Å². The number of hydrogen-bond acceptors (Lipinski definition) is 3. The molecular formula is C24H28N4O2. The van der Waals surface area contributed by atoms with Gasteiger partial charge in [-0.3, -0.25) is 9.59 Å². The molecule has 0 fully saturated rings. The Morgan fingerprint density at radius 2 is 1.67 bits per heavy atom. The summed E-state index contributed by atoms with van der Waals surface area (Å²) < 4.78 is 1.71. The molecule has 0 saturated carbocycles. The van der Waals surface area contributed by atoms with Crippen molar-refractivity contribution in [3.8, 4) is 16.8 Å². The highest BCUT2D eigenvalue weighted by Crippen LogP contribution is 2.33. The molecule has 0 aliphatic carbocycles. The fraction of sp³-hybridized carbons (Fsp3) is 0.292. The van der Waals surface area contributed by atoms with Crippen LogP contribution in [0.3, 0.4) is 0 Å². The Morgan fingerprint density at radius 1 is 1.03 bits per heavy atom. The van der Waals surface area contributed by atoms with Gasteiger partial charge in [-0.05, 0) is 57.0 Å². The maximum Gasteiger partial charge on any atom is 0.251 e. The number of amides is 2. The van der Waals surface area contributed by atoms with Crippen LogP contribution in [0.5, 0.6) is 0 Å². The van der Waals surface area contributed by atoms with Crippen molar-refractivity contribution in [3.05, 3.63) is 65.4 Å². The van der Waals surface area contributed by atoms with Crippen LogP contribution in [0.15, 0.2) is 48.5 Å². The molecule has 2 aromatic carbocycles.